The van der Waals surface area contributed by atoms with Crippen molar-refractivity contribution in [3.63, 3.8) is 0 Å². The number of nitrogens with zero attached hydrogens (tertiary/aromatic N) is 3. The van der Waals surface area contributed by atoms with Gasteiger partial charge in [0.2, 0.25) is 0 Å². The Hall–Kier alpha value is -1.54. The standard InChI is InChI=1S/C20H22FN3OS2/c1-13-14(2)27-20-18(13)19(26-12-15-4-3-5-16(21)10-15)22-17(23-20)11-24-6-8-25-9-7-24/h3-5,10H,6-9,11-12H2,1-2H3. The largest absolute Gasteiger partial charge is 0.379 e. The Labute approximate surface area is 166 Å². The second-order valence-electron chi connectivity index (χ2n) is 6.72. The topological polar surface area (TPSA) is 38.2 Å². The third-order valence-electron chi connectivity index (χ3n) is 4.78. The van der Waals surface area contributed by atoms with Gasteiger partial charge in [0.05, 0.1) is 19.8 Å². The molecule has 3 aromatic rings. The van der Waals surface area contributed by atoms with E-state index >= 15 is 0 Å². The van der Waals surface area contributed by atoms with Gasteiger partial charge in [0.25, 0.3) is 0 Å². The van der Waals surface area contributed by atoms with Gasteiger partial charge in [-0.05, 0) is 37.1 Å². The number of thioether (sulfide) groups is 1. The number of benzene rings is 1. The molecule has 0 radical (unpaired) electrons. The molecule has 1 fully saturated rings. The van der Waals surface area contributed by atoms with Crippen LogP contribution in [0.4, 0.5) is 4.39 Å². The lowest BCUT2D eigenvalue weighted by Gasteiger charge is -2.25. The number of rotatable bonds is 5. The molecule has 0 saturated carbocycles. The second-order valence-corrected chi connectivity index (χ2v) is 8.88. The summed E-state index contributed by atoms with van der Waals surface area (Å²) in [4.78, 5) is 14.4. The van der Waals surface area contributed by atoms with Crippen LogP contribution >= 0.6 is 23.1 Å². The Morgan fingerprint density at radius 2 is 2.04 bits per heavy atom. The summed E-state index contributed by atoms with van der Waals surface area (Å²) in [5, 5.41) is 2.14. The molecule has 142 valence electrons. The number of hydrogen-bond donors (Lipinski definition) is 0. The van der Waals surface area contributed by atoms with Gasteiger partial charge < -0.3 is 4.74 Å². The van der Waals surface area contributed by atoms with E-state index in [1.165, 1.54) is 16.5 Å². The van der Waals surface area contributed by atoms with E-state index in [9.17, 15) is 4.39 Å². The molecule has 27 heavy (non-hydrogen) atoms. The number of aryl methyl sites for hydroxylation is 2. The number of aromatic nitrogens is 2. The first-order valence-electron chi connectivity index (χ1n) is 9.04. The van der Waals surface area contributed by atoms with Crippen LogP contribution in [0.15, 0.2) is 29.3 Å². The quantitative estimate of drug-likeness (QED) is 0.461. The zero-order valence-corrected chi connectivity index (χ0v) is 17.1. The van der Waals surface area contributed by atoms with Crippen LogP contribution in [0.3, 0.4) is 0 Å². The first kappa shape index (κ1) is 18.8. The van der Waals surface area contributed by atoms with Crippen molar-refractivity contribution in [2.24, 2.45) is 0 Å². The molecule has 1 aromatic carbocycles. The number of halogens is 1. The zero-order chi connectivity index (χ0) is 18.8. The van der Waals surface area contributed by atoms with Crippen LogP contribution in [0.5, 0.6) is 0 Å². The molecule has 1 saturated heterocycles. The normalized spacial score (nSPS) is 15.5. The summed E-state index contributed by atoms with van der Waals surface area (Å²) in [7, 11) is 0. The predicted octanol–water partition coefficient (Wildman–Crippen LogP) is 4.57. The molecule has 4 rings (SSSR count). The molecule has 1 aliphatic heterocycles. The molecule has 2 aromatic heterocycles. The van der Waals surface area contributed by atoms with Crippen molar-refractivity contribution in [2.45, 2.75) is 31.2 Å². The molecule has 3 heterocycles. The van der Waals surface area contributed by atoms with E-state index in [0.717, 1.165) is 59.5 Å². The van der Waals surface area contributed by atoms with Gasteiger partial charge in [-0.1, -0.05) is 12.1 Å². The van der Waals surface area contributed by atoms with Gasteiger partial charge in [-0.15, -0.1) is 23.1 Å². The highest BCUT2D eigenvalue weighted by Gasteiger charge is 2.18. The SMILES string of the molecule is Cc1sc2nc(CN3CCOCC3)nc(SCc3cccc(F)c3)c2c1C. The molecule has 0 unspecified atom stereocenters. The van der Waals surface area contributed by atoms with Crippen molar-refractivity contribution in [1.29, 1.82) is 0 Å². The molecule has 0 amide bonds. The smallest absolute Gasteiger partial charge is 0.145 e. The number of thiophene rings is 1. The van der Waals surface area contributed by atoms with E-state index in [1.807, 2.05) is 6.07 Å². The van der Waals surface area contributed by atoms with Crippen molar-refractivity contribution in [2.75, 3.05) is 26.3 Å². The summed E-state index contributed by atoms with van der Waals surface area (Å²) in [6.45, 7) is 8.35. The average Bonchev–Trinajstić information content (AvgIpc) is 2.95. The first-order chi connectivity index (χ1) is 13.1. The van der Waals surface area contributed by atoms with E-state index in [0.29, 0.717) is 5.75 Å². The Kier molecular flexibility index (Phi) is 5.73. The van der Waals surface area contributed by atoms with Gasteiger partial charge in [0.1, 0.15) is 21.5 Å². The maximum absolute atomic E-state index is 13.5. The molecule has 0 N–H and O–H groups in total. The maximum atomic E-state index is 13.5. The lowest BCUT2D eigenvalue weighted by Crippen LogP contribution is -2.36. The van der Waals surface area contributed by atoms with Gasteiger partial charge in [0, 0.05) is 29.1 Å². The van der Waals surface area contributed by atoms with Crippen molar-refractivity contribution in [3.8, 4) is 0 Å². The number of fused-ring (bicyclic) bond motifs is 1. The summed E-state index contributed by atoms with van der Waals surface area (Å²) >= 11 is 3.39. The molecule has 0 aliphatic carbocycles. The maximum Gasteiger partial charge on any atom is 0.145 e. The summed E-state index contributed by atoms with van der Waals surface area (Å²) in [5.41, 5.74) is 2.21. The minimum Gasteiger partial charge on any atom is -0.379 e. The van der Waals surface area contributed by atoms with E-state index in [1.54, 1.807) is 35.2 Å². The van der Waals surface area contributed by atoms with Gasteiger partial charge in [-0.25, -0.2) is 14.4 Å². The van der Waals surface area contributed by atoms with Crippen LogP contribution < -0.4 is 0 Å². The molecule has 0 spiro atoms. The van der Waals surface area contributed by atoms with E-state index in [-0.39, 0.29) is 5.82 Å². The minimum absolute atomic E-state index is 0.198. The van der Waals surface area contributed by atoms with E-state index < -0.39 is 0 Å². The Morgan fingerprint density at radius 3 is 2.81 bits per heavy atom. The molecular weight excluding hydrogens is 381 g/mol. The summed E-state index contributed by atoms with van der Waals surface area (Å²) < 4.78 is 18.9. The van der Waals surface area contributed by atoms with Crippen LogP contribution in [0.25, 0.3) is 10.2 Å². The van der Waals surface area contributed by atoms with Crippen LogP contribution in [-0.4, -0.2) is 41.2 Å². The monoisotopic (exact) mass is 403 g/mol. The van der Waals surface area contributed by atoms with Gasteiger partial charge in [-0.2, -0.15) is 0 Å². The fourth-order valence-corrected chi connectivity index (χ4v) is 5.33. The van der Waals surface area contributed by atoms with Gasteiger partial charge in [0.15, 0.2) is 0 Å². The summed E-state index contributed by atoms with van der Waals surface area (Å²) in [6.07, 6.45) is 0. The highest BCUT2D eigenvalue weighted by molar-refractivity contribution is 7.98. The Balaban J connectivity index is 1.63. The first-order valence-corrected chi connectivity index (χ1v) is 10.8. The fraction of sp³-hybridized carbons (Fsp3) is 0.400. The highest BCUT2D eigenvalue weighted by atomic mass is 32.2. The second kappa shape index (κ2) is 8.22. The van der Waals surface area contributed by atoms with Crippen LogP contribution in [0.2, 0.25) is 0 Å². The summed E-state index contributed by atoms with van der Waals surface area (Å²) in [5.74, 6) is 1.35. The van der Waals surface area contributed by atoms with Crippen LogP contribution in [0.1, 0.15) is 21.8 Å². The summed E-state index contributed by atoms with van der Waals surface area (Å²) in [6, 6.07) is 6.77. The molecule has 7 heteroatoms. The Bertz CT molecular complexity index is 954. The zero-order valence-electron chi connectivity index (χ0n) is 15.5. The lowest BCUT2D eigenvalue weighted by molar-refractivity contribution is 0.0330. The van der Waals surface area contributed by atoms with Crippen molar-refractivity contribution >= 4 is 33.3 Å². The number of ether oxygens (including phenoxy) is 1. The molecule has 0 bridgehead atoms. The fourth-order valence-electron chi connectivity index (χ4n) is 3.17. The van der Waals surface area contributed by atoms with Crippen molar-refractivity contribution in [1.82, 2.24) is 14.9 Å². The number of morpholine rings is 1. The highest BCUT2D eigenvalue weighted by Crippen LogP contribution is 2.36. The molecule has 1 aliphatic rings. The predicted molar refractivity (Wildman–Crippen MR) is 109 cm³/mol. The Morgan fingerprint density at radius 1 is 1.22 bits per heavy atom. The van der Waals surface area contributed by atoms with E-state index in [2.05, 4.69) is 18.7 Å². The van der Waals surface area contributed by atoms with Gasteiger partial charge >= 0.3 is 0 Å². The van der Waals surface area contributed by atoms with Gasteiger partial charge in [-0.3, -0.25) is 4.90 Å². The third-order valence-corrected chi connectivity index (χ3v) is 6.92. The molecule has 4 nitrogen and oxygen atoms in total. The van der Waals surface area contributed by atoms with Crippen LogP contribution in [0, 0.1) is 19.7 Å². The molecular formula is C20H22FN3OS2. The third kappa shape index (κ3) is 4.32. The number of hydrogen-bond acceptors (Lipinski definition) is 6. The van der Waals surface area contributed by atoms with Crippen molar-refractivity contribution < 1.29 is 9.13 Å². The molecule has 0 atom stereocenters. The lowest BCUT2D eigenvalue weighted by atomic mass is 10.2. The van der Waals surface area contributed by atoms with E-state index in [4.69, 9.17) is 14.7 Å². The van der Waals surface area contributed by atoms with Crippen LogP contribution in [-0.2, 0) is 17.0 Å². The van der Waals surface area contributed by atoms with Crippen molar-refractivity contribution in [3.05, 3.63) is 51.9 Å². The minimum atomic E-state index is -0.198. The average molecular weight is 404 g/mol.